The first kappa shape index (κ1) is 16.8. The van der Waals surface area contributed by atoms with Crippen LogP contribution in [0.3, 0.4) is 0 Å². The van der Waals surface area contributed by atoms with Crippen LogP contribution in [0, 0.1) is 0 Å². The van der Waals surface area contributed by atoms with Crippen molar-refractivity contribution in [1.29, 1.82) is 0 Å². The first-order valence-corrected chi connectivity index (χ1v) is 9.03. The maximum Gasteiger partial charge on any atom is 0.255 e. The first-order valence-electron chi connectivity index (χ1n) is 7.88. The van der Waals surface area contributed by atoms with Gasteiger partial charge in [0.2, 0.25) is 11.8 Å². The number of rotatable bonds is 2. The second-order valence-electron chi connectivity index (χ2n) is 7.13. The summed E-state index contributed by atoms with van der Waals surface area (Å²) in [6.45, 7) is 5.76. The predicted molar refractivity (Wildman–Crippen MR) is 94.0 cm³/mol. The Morgan fingerprint density at radius 3 is 2.79 bits per heavy atom. The van der Waals surface area contributed by atoms with Gasteiger partial charge in [0.1, 0.15) is 6.04 Å². The second-order valence-corrected chi connectivity index (χ2v) is 8.13. The molecule has 2 heterocycles. The van der Waals surface area contributed by atoms with E-state index in [0.717, 1.165) is 5.56 Å². The highest BCUT2D eigenvalue weighted by Crippen LogP contribution is 2.28. The number of hydrogen-bond acceptors (Lipinski definition) is 4. The Bertz CT molecular complexity index is 712. The van der Waals surface area contributed by atoms with Gasteiger partial charge in [-0.2, -0.15) is 0 Å². The highest BCUT2D eigenvalue weighted by atomic mass is 32.2. The van der Waals surface area contributed by atoms with Crippen LogP contribution < -0.4 is 10.6 Å². The molecule has 6 nitrogen and oxygen atoms in total. The lowest BCUT2D eigenvalue weighted by molar-refractivity contribution is -0.125. The summed E-state index contributed by atoms with van der Waals surface area (Å²) in [7, 11) is 0. The van der Waals surface area contributed by atoms with E-state index in [1.807, 2.05) is 20.8 Å². The number of fused-ring (bicyclic) bond motifs is 1. The van der Waals surface area contributed by atoms with Gasteiger partial charge in [-0.25, -0.2) is 0 Å². The molecule has 128 valence electrons. The average molecular weight is 347 g/mol. The zero-order valence-electron chi connectivity index (χ0n) is 14.0. The Morgan fingerprint density at radius 2 is 2.08 bits per heavy atom. The van der Waals surface area contributed by atoms with Crippen molar-refractivity contribution in [3.63, 3.8) is 0 Å². The Kier molecular flexibility index (Phi) is 4.29. The minimum Gasteiger partial charge on any atom is -0.350 e. The number of nitrogens with one attached hydrogen (secondary N) is 2. The van der Waals surface area contributed by atoms with E-state index in [0.29, 0.717) is 29.3 Å². The fourth-order valence-corrected chi connectivity index (χ4v) is 3.98. The van der Waals surface area contributed by atoms with Crippen molar-refractivity contribution < 1.29 is 14.4 Å². The lowest BCUT2D eigenvalue weighted by Gasteiger charge is -2.27. The SMILES string of the molecule is CC(C)(C)NC(=O)C1CSCN1C(=O)c1ccc2c(c1)NC(=O)C2. The molecule has 0 aromatic heterocycles. The van der Waals surface area contributed by atoms with Crippen LogP contribution in [0.15, 0.2) is 18.2 Å². The van der Waals surface area contributed by atoms with Crippen molar-refractivity contribution in [2.45, 2.75) is 38.8 Å². The normalized spacial score (nSPS) is 19.9. The van der Waals surface area contributed by atoms with Gasteiger partial charge < -0.3 is 15.5 Å². The molecule has 0 aliphatic carbocycles. The third-order valence-corrected chi connectivity index (χ3v) is 4.94. The Hall–Kier alpha value is -2.02. The molecule has 1 unspecified atom stereocenters. The number of anilines is 1. The fraction of sp³-hybridized carbons (Fsp3) is 0.471. The van der Waals surface area contributed by atoms with Gasteiger partial charge in [0.15, 0.2) is 0 Å². The van der Waals surface area contributed by atoms with Crippen molar-refractivity contribution in [3.05, 3.63) is 29.3 Å². The molecule has 24 heavy (non-hydrogen) atoms. The van der Waals surface area contributed by atoms with E-state index in [1.165, 1.54) is 0 Å². The van der Waals surface area contributed by atoms with E-state index >= 15 is 0 Å². The summed E-state index contributed by atoms with van der Waals surface area (Å²) in [6, 6.07) is 4.76. The third kappa shape index (κ3) is 3.40. The molecule has 0 bridgehead atoms. The molecule has 0 spiro atoms. The maximum atomic E-state index is 12.8. The van der Waals surface area contributed by atoms with Gasteiger partial charge in [-0.1, -0.05) is 6.07 Å². The molecular formula is C17H21N3O3S. The Morgan fingerprint density at radius 1 is 1.33 bits per heavy atom. The molecule has 1 atom stereocenters. The van der Waals surface area contributed by atoms with Crippen molar-refractivity contribution >= 4 is 35.2 Å². The fourth-order valence-electron chi connectivity index (χ4n) is 2.83. The zero-order chi connectivity index (χ0) is 17.5. The summed E-state index contributed by atoms with van der Waals surface area (Å²) >= 11 is 1.57. The van der Waals surface area contributed by atoms with Crippen molar-refractivity contribution in [2.75, 3.05) is 16.9 Å². The maximum absolute atomic E-state index is 12.8. The topological polar surface area (TPSA) is 78.5 Å². The van der Waals surface area contributed by atoms with Gasteiger partial charge in [-0.05, 0) is 38.5 Å². The van der Waals surface area contributed by atoms with Crippen LogP contribution in [0.25, 0.3) is 0 Å². The number of thioether (sulfide) groups is 1. The number of carbonyl (C=O) groups is 3. The van der Waals surface area contributed by atoms with Crippen molar-refractivity contribution in [1.82, 2.24) is 10.2 Å². The van der Waals surface area contributed by atoms with Crippen LogP contribution in [-0.4, -0.2) is 45.8 Å². The zero-order valence-corrected chi connectivity index (χ0v) is 14.8. The number of nitrogens with zero attached hydrogens (tertiary/aromatic N) is 1. The highest BCUT2D eigenvalue weighted by molar-refractivity contribution is 7.99. The molecule has 1 saturated heterocycles. The van der Waals surface area contributed by atoms with E-state index < -0.39 is 6.04 Å². The predicted octanol–water partition coefficient (Wildman–Crippen LogP) is 1.61. The molecule has 2 N–H and O–H groups in total. The largest absolute Gasteiger partial charge is 0.350 e. The summed E-state index contributed by atoms with van der Waals surface area (Å²) in [6.07, 6.45) is 0.347. The first-order chi connectivity index (χ1) is 11.2. The van der Waals surface area contributed by atoms with Crippen LogP contribution in [0.2, 0.25) is 0 Å². The monoisotopic (exact) mass is 347 g/mol. The molecule has 0 radical (unpaired) electrons. The van der Waals surface area contributed by atoms with Crippen molar-refractivity contribution in [2.24, 2.45) is 0 Å². The minimum atomic E-state index is -0.468. The molecule has 0 saturated carbocycles. The molecule has 7 heteroatoms. The molecule has 3 rings (SSSR count). The Balaban J connectivity index is 1.78. The summed E-state index contributed by atoms with van der Waals surface area (Å²) in [5, 5.41) is 5.70. The Labute approximate surface area is 145 Å². The van der Waals surface area contributed by atoms with E-state index in [4.69, 9.17) is 0 Å². The van der Waals surface area contributed by atoms with E-state index in [1.54, 1.807) is 34.9 Å². The number of carbonyl (C=O) groups excluding carboxylic acids is 3. The molecular weight excluding hydrogens is 326 g/mol. The van der Waals surface area contributed by atoms with Gasteiger partial charge in [-0.15, -0.1) is 11.8 Å². The van der Waals surface area contributed by atoms with Crippen LogP contribution in [0.1, 0.15) is 36.7 Å². The minimum absolute atomic E-state index is 0.0613. The second kappa shape index (κ2) is 6.12. The van der Waals surface area contributed by atoms with E-state index in [2.05, 4.69) is 10.6 Å². The summed E-state index contributed by atoms with van der Waals surface area (Å²) < 4.78 is 0. The highest BCUT2D eigenvalue weighted by Gasteiger charge is 2.36. The molecule has 3 amide bonds. The van der Waals surface area contributed by atoms with Gasteiger partial charge in [0, 0.05) is 22.5 Å². The average Bonchev–Trinajstić information content (AvgIpc) is 3.08. The lowest BCUT2D eigenvalue weighted by Crippen LogP contribution is -2.52. The quantitative estimate of drug-likeness (QED) is 0.852. The molecule has 1 aromatic rings. The number of hydrogen-bond donors (Lipinski definition) is 2. The lowest BCUT2D eigenvalue weighted by atomic mass is 10.1. The van der Waals surface area contributed by atoms with E-state index in [-0.39, 0.29) is 23.3 Å². The standard InChI is InChI=1S/C17H21N3O3S/c1-17(2,3)19-15(22)13-8-24-9-20(13)16(23)11-5-4-10-7-14(21)18-12(10)6-11/h4-6,13H,7-9H2,1-3H3,(H,18,21)(H,19,22). The smallest absolute Gasteiger partial charge is 0.255 e. The van der Waals surface area contributed by atoms with Crippen LogP contribution in [0.4, 0.5) is 5.69 Å². The van der Waals surface area contributed by atoms with Gasteiger partial charge in [-0.3, -0.25) is 14.4 Å². The summed E-state index contributed by atoms with van der Waals surface area (Å²) in [5.41, 5.74) is 1.74. The van der Waals surface area contributed by atoms with E-state index in [9.17, 15) is 14.4 Å². The molecule has 1 aromatic carbocycles. The summed E-state index contributed by atoms with van der Waals surface area (Å²) in [4.78, 5) is 38.3. The van der Waals surface area contributed by atoms with Crippen LogP contribution in [-0.2, 0) is 16.0 Å². The van der Waals surface area contributed by atoms with Crippen LogP contribution >= 0.6 is 11.8 Å². The summed E-state index contributed by atoms with van der Waals surface area (Å²) in [5.74, 6) is 0.710. The van der Waals surface area contributed by atoms with Crippen LogP contribution in [0.5, 0.6) is 0 Å². The van der Waals surface area contributed by atoms with Crippen molar-refractivity contribution in [3.8, 4) is 0 Å². The van der Waals surface area contributed by atoms with Gasteiger partial charge >= 0.3 is 0 Å². The molecule has 2 aliphatic heterocycles. The molecule has 1 fully saturated rings. The van der Waals surface area contributed by atoms with Gasteiger partial charge in [0.25, 0.3) is 5.91 Å². The number of benzene rings is 1. The van der Waals surface area contributed by atoms with Gasteiger partial charge in [0.05, 0.1) is 12.3 Å². The number of amides is 3. The molecule has 2 aliphatic rings. The third-order valence-electron chi connectivity index (χ3n) is 3.93.